The Morgan fingerprint density at radius 3 is 3.00 bits per heavy atom. The van der Waals surface area contributed by atoms with Crippen molar-refractivity contribution >= 4 is 5.78 Å². The molecule has 106 valence electrons. The van der Waals surface area contributed by atoms with Gasteiger partial charge in [-0.25, -0.2) is 0 Å². The van der Waals surface area contributed by atoms with Crippen LogP contribution in [0.1, 0.15) is 16.9 Å². The minimum Gasteiger partial charge on any atom is -0.493 e. The van der Waals surface area contributed by atoms with Crippen molar-refractivity contribution in [3.8, 4) is 5.75 Å². The molecule has 0 amide bonds. The fourth-order valence-electron chi connectivity index (χ4n) is 2.17. The number of likely N-dealkylation sites (N-methyl/N-ethyl adjacent to an activating group) is 1. The molecule has 0 aliphatic carbocycles. The van der Waals surface area contributed by atoms with Crippen molar-refractivity contribution < 1.29 is 14.3 Å². The second-order valence-electron chi connectivity index (χ2n) is 5.01. The molecule has 0 spiro atoms. The van der Waals surface area contributed by atoms with E-state index >= 15 is 0 Å². The highest BCUT2D eigenvalue weighted by Crippen LogP contribution is 2.25. The SMILES string of the molecule is COc1cnn(CCN(C)C)c1C(=O)C1CCOC1. The zero-order valence-electron chi connectivity index (χ0n) is 11.8. The number of aromatic nitrogens is 2. The highest BCUT2D eigenvalue weighted by Gasteiger charge is 2.30. The van der Waals surface area contributed by atoms with E-state index in [0.717, 1.165) is 13.0 Å². The molecular formula is C13H21N3O3. The van der Waals surface area contributed by atoms with Crippen molar-refractivity contribution in [2.45, 2.75) is 13.0 Å². The lowest BCUT2D eigenvalue weighted by Gasteiger charge is -2.13. The summed E-state index contributed by atoms with van der Waals surface area (Å²) >= 11 is 0. The molecule has 1 aliphatic rings. The smallest absolute Gasteiger partial charge is 0.190 e. The van der Waals surface area contributed by atoms with E-state index in [1.54, 1.807) is 18.0 Å². The summed E-state index contributed by atoms with van der Waals surface area (Å²) in [5, 5.41) is 4.25. The molecule has 1 aromatic heterocycles. The molecule has 1 unspecified atom stereocenters. The quantitative estimate of drug-likeness (QED) is 0.709. The normalized spacial score (nSPS) is 19.1. The van der Waals surface area contributed by atoms with Crippen molar-refractivity contribution in [1.29, 1.82) is 0 Å². The highest BCUT2D eigenvalue weighted by atomic mass is 16.5. The number of nitrogens with zero attached hydrogens (tertiary/aromatic N) is 3. The molecule has 6 nitrogen and oxygen atoms in total. The number of carbonyl (C=O) groups is 1. The van der Waals surface area contributed by atoms with Crippen molar-refractivity contribution in [3.05, 3.63) is 11.9 Å². The molecule has 0 bridgehead atoms. The average molecular weight is 267 g/mol. The van der Waals surface area contributed by atoms with E-state index in [-0.39, 0.29) is 11.7 Å². The topological polar surface area (TPSA) is 56.6 Å². The monoisotopic (exact) mass is 267 g/mol. The van der Waals surface area contributed by atoms with Crippen LogP contribution >= 0.6 is 0 Å². The summed E-state index contributed by atoms with van der Waals surface area (Å²) in [5.41, 5.74) is 0.569. The Morgan fingerprint density at radius 2 is 2.42 bits per heavy atom. The van der Waals surface area contributed by atoms with Gasteiger partial charge in [0.1, 0.15) is 5.69 Å². The van der Waals surface area contributed by atoms with Crippen LogP contribution in [-0.2, 0) is 11.3 Å². The maximum absolute atomic E-state index is 12.5. The molecule has 1 aliphatic heterocycles. The molecule has 1 fully saturated rings. The Bertz CT molecular complexity index is 436. The third-order valence-electron chi connectivity index (χ3n) is 3.32. The Labute approximate surface area is 113 Å². The van der Waals surface area contributed by atoms with Gasteiger partial charge in [0.05, 0.1) is 26.5 Å². The van der Waals surface area contributed by atoms with E-state index in [9.17, 15) is 4.79 Å². The summed E-state index contributed by atoms with van der Waals surface area (Å²) in [5.74, 6) is 0.560. The zero-order chi connectivity index (χ0) is 13.8. The Balaban J connectivity index is 2.20. The van der Waals surface area contributed by atoms with E-state index in [1.807, 2.05) is 14.1 Å². The largest absolute Gasteiger partial charge is 0.493 e. The summed E-state index contributed by atoms with van der Waals surface area (Å²) in [6, 6.07) is 0. The van der Waals surface area contributed by atoms with Crippen LogP contribution in [0.25, 0.3) is 0 Å². The predicted molar refractivity (Wildman–Crippen MR) is 70.6 cm³/mol. The number of carbonyl (C=O) groups excluding carboxylic acids is 1. The van der Waals surface area contributed by atoms with Crippen LogP contribution in [0.3, 0.4) is 0 Å². The summed E-state index contributed by atoms with van der Waals surface area (Å²) in [7, 11) is 5.55. The number of hydrogen-bond acceptors (Lipinski definition) is 5. The van der Waals surface area contributed by atoms with Gasteiger partial charge in [-0.15, -0.1) is 0 Å². The Kier molecular flexibility index (Phi) is 4.55. The van der Waals surface area contributed by atoms with E-state index in [0.29, 0.717) is 31.2 Å². The first kappa shape index (κ1) is 14.0. The lowest BCUT2D eigenvalue weighted by Crippen LogP contribution is -2.24. The van der Waals surface area contributed by atoms with Crippen LogP contribution < -0.4 is 4.74 Å². The summed E-state index contributed by atoms with van der Waals surface area (Å²) in [4.78, 5) is 14.6. The summed E-state index contributed by atoms with van der Waals surface area (Å²) in [6.45, 7) is 2.66. The average Bonchev–Trinajstić information content (AvgIpc) is 3.04. The van der Waals surface area contributed by atoms with Crippen LogP contribution in [0.15, 0.2) is 6.20 Å². The highest BCUT2D eigenvalue weighted by molar-refractivity contribution is 5.99. The van der Waals surface area contributed by atoms with Crippen molar-refractivity contribution in [1.82, 2.24) is 14.7 Å². The second kappa shape index (κ2) is 6.16. The van der Waals surface area contributed by atoms with Crippen LogP contribution in [0.2, 0.25) is 0 Å². The second-order valence-corrected chi connectivity index (χ2v) is 5.01. The standard InChI is InChI=1S/C13H21N3O3/c1-15(2)5-6-16-12(11(18-3)8-14-16)13(17)10-4-7-19-9-10/h8,10H,4-7,9H2,1-3H3. The molecule has 6 heteroatoms. The number of ketones is 1. The van der Waals surface area contributed by atoms with Gasteiger partial charge in [0.2, 0.25) is 0 Å². The Hall–Kier alpha value is -1.40. The molecule has 0 radical (unpaired) electrons. The molecule has 1 aromatic rings. The lowest BCUT2D eigenvalue weighted by atomic mass is 10.0. The molecule has 0 N–H and O–H groups in total. The van der Waals surface area contributed by atoms with Crippen LogP contribution in [0.4, 0.5) is 0 Å². The third-order valence-corrected chi connectivity index (χ3v) is 3.32. The van der Waals surface area contributed by atoms with E-state index in [4.69, 9.17) is 9.47 Å². The lowest BCUT2D eigenvalue weighted by molar-refractivity contribution is 0.0885. The van der Waals surface area contributed by atoms with Gasteiger partial charge >= 0.3 is 0 Å². The van der Waals surface area contributed by atoms with Crippen LogP contribution in [-0.4, -0.2) is 61.4 Å². The minimum absolute atomic E-state index is 0.0660. The number of Topliss-reactive ketones (excluding diaryl/α,β-unsaturated/α-hetero) is 1. The predicted octanol–water partition coefficient (Wildman–Crippen LogP) is 0.672. The van der Waals surface area contributed by atoms with Gasteiger partial charge < -0.3 is 14.4 Å². The molecule has 0 saturated carbocycles. The first-order valence-electron chi connectivity index (χ1n) is 6.50. The number of rotatable bonds is 6. The van der Waals surface area contributed by atoms with Gasteiger partial charge in [0.25, 0.3) is 0 Å². The van der Waals surface area contributed by atoms with Crippen molar-refractivity contribution in [2.75, 3.05) is 41.0 Å². The van der Waals surface area contributed by atoms with Gasteiger partial charge in [-0.3, -0.25) is 9.48 Å². The maximum atomic E-state index is 12.5. The molecule has 2 rings (SSSR count). The van der Waals surface area contributed by atoms with E-state index in [2.05, 4.69) is 10.00 Å². The van der Waals surface area contributed by atoms with Gasteiger partial charge in [0.15, 0.2) is 11.5 Å². The summed E-state index contributed by atoms with van der Waals surface area (Å²) < 4.78 is 12.3. The van der Waals surface area contributed by atoms with Crippen molar-refractivity contribution in [3.63, 3.8) is 0 Å². The number of ether oxygens (including phenoxy) is 2. The van der Waals surface area contributed by atoms with Gasteiger partial charge in [-0.05, 0) is 20.5 Å². The third kappa shape index (κ3) is 3.13. The number of hydrogen-bond donors (Lipinski definition) is 0. The summed E-state index contributed by atoms with van der Waals surface area (Å²) in [6.07, 6.45) is 2.39. The number of methoxy groups -OCH3 is 1. The zero-order valence-corrected chi connectivity index (χ0v) is 11.8. The fraction of sp³-hybridized carbons (Fsp3) is 0.692. The molecule has 1 atom stereocenters. The Morgan fingerprint density at radius 1 is 1.63 bits per heavy atom. The van der Waals surface area contributed by atoms with Crippen LogP contribution in [0, 0.1) is 5.92 Å². The first-order valence-corrected chi connectivity index (χ1v) is 6.50. The molecule has 2 heterocycles. The first-order chi connectivity index (χ1) is 9.13. The van der Waals surface area contributed by atoms with Crippen molar-refractivity contribution in [2.24, 2.45) is 5.92 Å². The van der Waals surface area contributed by atoms with E-state index < -0.39 is 0 Å². The fourth-order valence-corrected chi connectivity index (χ4v) is 2.17. The van der Waals surface area contributed by atoms with Gasteiger partial charge in [-0.2, -0.15) is 5.10 Å². The molecule has 1 saturated heterocycles. The van der Waals surface area contributed by atoms with Gasteiger partial charge in [0, 0.05) is 19.1 Å². The molecule has 19 heavy (non-hydrogen) atoms. The molecule has 0 aromatic carbocycles. The van der Waals surface area contributed by atoms with Crippen LogP contribution in [0.5, 0.6) is 5.75 Å². The molecular weight excluding hydrogens is 246 g/mol. The minimum atomic E-state index is -0.0660. The van der Waals surface area contributed by atoms with Gasteiger partial charge in [-0.1, -0.05) is 0 Å². The maximum Gasteiger partial charge on any atom is 0.190 e. The van der Waals surface area contributed by atoms with E-state index in [1.165, 1.54) is 0 Å².